The van der Waals surface area contributed by atoms with Crippen LogP contribution in [-0.4, -0.2) is 15.1 Å². The lowest BCUT2D eigenvalue weighted by Gasteiger charge is -2.01. The number of nitro groups is 1. The minimum Gasteiger partial charge on any atom is -0.356 e. The fourth-order valence-corrected chi connectivity index (χ4v) is 1.87. The topological polar surface area (TPSA) is 81.0 Å². The van der Waals surface area contributed by atoms with Crippen LogP contribution in [0.15, 0.2) is 24.3 Å². The van der Waals surface area contributed by atoms with Crippen molar-refractivity contribution in [2.45, 2.75) is 13.5 Å². The molecule has 17 heavy (non-hydrogen) atoms. The molecule has 2 aromatic rings. The molecule has 0 saturated heterocycles. The van der Waals surface area contributed by atoms with E-state index in [2.05, 4.69) is 15.5 Å². The van der Waals surface area contributed by atoms with E-state index >= 15 is 0 Å². The highest BCUT2D eigenvalue weighted by Gasteiger charge is 2.04. The first-order valence-corrected chi connectivity index (χ1v) is 5.74. The Kier molecular flexibility index (Phi) is 3.29. The van der Waals surface area contributed by atoms with Gasteiger partial charge in [-0.25, -0.2) is 0 Å². The summed E-state index contributed by atoms with van der Waals surface area (Å²) in [7, 11) is 0. The number of nitrogens with one attached hydrogen (secondary N) is 1. The summed E-state index contributed by atoms with van der Waals surface area (Å²) >= 11 is 1.47. The van der Waals surface area contributed by atoms with E-state index in [1.54, 1.807) is 12.1 Å². The third-order valence-corrected chi connectivity index (χ3v) is 2.91. The maximum atomic E-state index is 10.5. The Morgan fingerprint density at radius 3 is 2.59 bits per heavy atom. The number of benzene rings is 1. The Labute approximate surface area is 101 Å². The first kappa shape index (κ1) is 11.5. The molecule has 0 atom stereocenters. The number of rotatable bonds is 4. The molecule has 1 heterocycles. The monoisotopic (exact) mass is 250 g/mol. The maximum absolute atomic E-state index is 10.5. The maximum Gasteiger partial charge on any atom is 0.269 e. The van der Waals surface area contributed by atoms with Crippen molar-refractivity contribution in [2.75, 3.05) is 5.32 Å². The highest BCUT2D eigenvalue weighted by molar-refractivity contribution is 7.15. The Hall–Kier alpha value is -2.02. The highest BCUT2D eigenvalue weighted by atomic mass is 32.1. The van der Waals surface area contributed by atoms with Crippen LogP contribution in [0.25, 0.3) is 0 Å². The van der Waals surface area contributed by atoms with Crippen molar-refractivity contribution in [2.24, 2.45) is 0 Å². The van der Waals surface area contributed by atoms with Gasteiger partial charge in [0.05, 0.1) is 4.92 Å². The van der Waals surface area contributed by atoms with Gasteiger partial charge in [-0.1, -0.05) is 23.5 Å². The summed E-state index contributed by atoms with van der Waals surface area (Å²) < 4.78 is 0. The van der Waals surface area contributed by atoms with Crippen LogP contribution in [0.2, 0.25) is 0 Å². The second-order valence-electron chi connectivity index (χ2n) is 3.40. The summed E-state index contributed by atoms with van der Waals surface area (Å²) in [6, 6.07) is 6.42. The molecule has 0 aliphatic rings. The highest BCUT2D eigenvalue weighted by Crippen LogP contribution is 2.16. The van der Waals surface area contributed by atoms with Gasteiger partial charge < -0.3 is 5.32 Å². The zero-order valence-electron chi connectivity index (χ0n) is 9.08. The van der Waals surface area contributed by atoms with Crippen LogP contribution in [0, 0.1) is 17.0 Å². The van der Waals surface area contributed by atoms with E-state index in [1.165, 1.54) is 23.5 Å². The average Bonchev–Trinajstić information content (AvgIpc) is 2.73. The second kappa shape index (κ2) is 4.88. The predicted molar refractivity (Wildman–Crippen MR) is 65.1 cm³/mol. The van der Waals surface area contributed by atoms with Gasteiger partial charge in [0.2, 0.25) is 5.13 Å². The summed E-state index contributed by atoms with van der Waals surface area (Å²) in [5.74, 6) is 0. The molecule has 7 heteroatoms. The van der Waals surface area contributed by atoms with Crippen LogP contribution in [0.3, 0.4) is 0 Å². The molecule has 1 N–H and O–H groups in total. The quantitative estimate of drug-likeness (QED) is 0.665. The molecular weight excluding hydrogens is 240 g/mol. The van der Waals surface area contributed by atoms with Gasteiger partial charge in [0.1, 0.15) is 5.01 Å². The van der Waals surface area contributed by atoms with Crippen LogP contribution in [0.4, 0.5) is 10.8 Å². The van der Waals surface area contributed by atoms with Gasteiger partial charge in [-0.3, -0.25) is 10.1 Å². The first-order chi connectivity index (χ1) is 8.15. The molecule has 6 nitrogen and oxygen atoms in total. The lowest BCUT2D eigenvalue weighted by Crippen LogP contribution is -1.99. The molecular formula is C10H10N4O2S. The van der Waals surface area contributed by atoms with Gasteiger partial charge in [0.25, 0.3) is 5.69 Å². The normalized spacial score (nSPS) is 10.2. The Morgan fingerprint density at radius 2 is 2.06 bits per heavy atom. The van der Waals surface area contributed by atoms with E-state index in [1.807, 2.05) is 6.92 Å². The third-order valence-electron chi connectivity index (χ3n) is 2.12. The number of non-ortho nitro benzene ring substituents is 1. The number of anilines is 1. The number of hydrogen-bond donors (Lipinski definition) is 1. The van der Waals surface area contributed by atoms with Crippen molar-refractivity contribution < 1.29 is 4.92 Å². The zero-order valence-corrected chi connectivity index (χ0v) is 9.90. The number of nitrogens with zero attached hydrogens (tertiary/aromatic N) is 3. The van der Waals surface area contributed by atoms with Crippen molar-refractivity contribution >= 4 is 22.2 Å². The molecule has 1 aromatic heterocycles. The molecule has 0 amide bonds. The Bertz CT molecular complexity index is 523. The van der Waals surface area contributed by atoms with E-state index in [0.717, 1.165) is 15.7 Å². The minimum absolute atomic E-state index is 0.0977. The largest absolute Gasteiger partial charge is 0.356 e. The molecule has 0 aliphatic heterocycles. The first-order valence-electron chi connectivity index (χ1n) is 4.92. The number of hydrogen-bond acceptors (Lipinski definition) is 6. The van der Waals surface area contributed by atoms with Crippen molar-refractivity contribution in [1.29, 1.82) is 0 Å². The molecule has 88 valence electrons. The van der Waals surface area contributed by atoms with Gasteiger partial charge in [0, 0.05) is 18.7 Å². The molecule has 0 spiro atoms. The fourth-order valence-electron chi connectivity index (χ4n) is 1.28. The third kappa shape index (κ3) is 2.97. The van der Waals surface area contributed by atoms with Crippen LogP contribution in [0.1, 0.15) is 10.6 Å². The van der Waals surface area contributed by atoms with Crippen LogP contribution in [0.5, 0.6) is 0 Å². The standard InChI is InChI=1S/C10H10N4O2S/c1-7-12-13-10(17-7)11-6-8-2-4-9(5-3-8)14(15)16/h2-5H,6H2,1H3,(H,11,13). The molecule has 0 aliphatic carbocycles. The molecule has 0 saturated carbocycles. The van der Waals surface area contributed by atoms with Crippen LogP contribution >= 0.6 is 11.3 Å². The van der Waals surface area contributed by atoms with Crippen molar-refractivity contribution in [3.8, 4) is 0 Å². The summed E-state index contributed by atoms with van der Waals surface area (Å²) in [6.07, 6.45) is 0. The molecule has 0 fully saturated rings. The number of aromatic nitrogens is 2. The number of nitro benzene ring substituents is 1. The second-order valence-corrected chi connectivity index (χ2v) is 4.58. The molecule has 1 aromatic carbocycles. The summed E-state index contributed by atoms with van der Waals surface area (Å²) in [4.78, 5) is 10.1. The van der Waals surface area contributed by atoms with E-state index < -0.39 is 4.92 Å². The Morgan fingerprint density at radius 1 is 1.35 bits per heavy atom. The van der Waals surface area contributed by atoms with Crippen molar-refractivity contribution in [3.63, 3.8) is 0 Å². The van der Waals surface area contributed by atoms with E-state index in [4.69, 9.17) is 0 Å². The van der Waals surface area contributed by atoms with Gasteiger partial charge in [-0.15, -0.1) is 10.2 Å². The van der Waals surface area contributed by atoms with Gasteiger partial charge >= 0.3 is 0 Å². The molecule has 2 rings (SSSR count). The summed E-state index contributed by atoms with van der Waals surface area (Å²) in [5, 5.41) is 23.0. The van der Waals surface area contributed by atoms with E-state index in [-0.39, 0.29) is 5.69 Å². The molecule has 0 unspecified atom stereocenters. The average molecular weight is 250 g/mol. The predicted octanol–water partition coefficient (Wildman–Crippen LogP) is 2.37. The fraction of sp³-hybridized carbons (Fsp3) is 0.200. The molecule has 0 radical (unpaired) electrons. The van der Waals surface area contributed by atoms with Crippen LogP contribution in [-0.2, 0) is 6.54 Å². The smallest absolute Gasteiger partial charge is 0.269 e. The lowest BCUT2D eigenvalue weighted by molar-refractivity contribution is -0.384. The van der Waals surface area contributed by atoms with Crippen molar-refractivity contribution in [3.05, 3.63) is 45.0 Å². The number of aryl methyl sites for hydroxylation is 1. The van der Waals surface area contributed by atoms with Gasteiger partial charge in [0.15, 0.2) is 0 Å². The minimum atomic E-state index is -0.411. The van der Waals surface area contributed by atoms with Crippen LogP contribution < -0.4 is 5.32 Å². The summed E-state index contributed by atoms with van der Waals surface area (Å²) in [6.45, 7) is 2.46. The molecule has 0 bridgehead atoms. The van der Waals surface area contributed by atoms with E-state index in [9.17, 15) is 10.1 Å². The van der Waals surface area contributed by atoms with E-state index in [0.29, 0.717) is 6.54 Å². The SMILES string of the molecule is Cc1nnc(NCc2ccc([N+](=O)[O-])cc2)s1. The lowest BCUT2D eigenvalue weighted by atomic mass is 10.2. The van der Waals surface area contributed by atoms with Crippen molar-refractivity contribution in [1.82, 2.24) is 10.2 Å². The Balaban J connectivity index is 1.97. The zero-order chi connectivity index (χ0) is 12.3. The van der Waals surface area contributed by atoms with Gasteiger partial charge in [-0.05, 0) is 12.5 Å². The summed E-state index contributed by atoms with van der Waals surface area (Å²) in [5.41, 5.74) is 1.06. The van der Waals surface area contributed by atoms with Gasteiger partial charge in [-0.2, -0.15) is 0 Å².